The lowest BCUT2D eigenvalue weighted by Crippen LogP contribution is -2.49. The molecule has 132 valence electrons. The van der Waals surface area contributed by atoms with Gasteiger partial charge in [-0.1, -0.05) is 6.92 Å². The first-order valence-corrected chi connectivity index (χ1v) is 8.22. The molecule has 7 nitrogen and oxygen atoms in total. The number of rotatable bonds is 5. The van der Waals surface area contributed by atoms with Gasteiger partial charge in [0, 0.05) is 33.2 Å². The summed E-state index contributed by atoms with van der Waals surface area (Å²) in [6.45, 7) is 5.79. The van der Waals surface area contributed by atoms with Crippen LogP contribution in [0.15, 0.2) is 4.99 Å². The molecule has 1 aliphatic heterocycles. The highest BCUT2D eigenvalue weighted by Gasteiger charge is 2.27. The van der Waals surface area contributed by atoms with E-state index >= 15 is 0 Å². The molecule has 1 atom stereocenters. The van der Waals surface area contributed by atoms with Crippen LogP contribution in [0.1, 0.15) is 33.1 Å². The largest absolute Gasteiger partial charge is 0.469 e. The maximum absolute atomic E-state index is 11.8. The molecule has 0 spiro atoms. The molecule has 0 saturated carbocycles. The second-order valence-electron chi connectivity index (χ2n) is 6.17. The van der Waals surface area contributed by atoms with Crippen molar-refractivity contribution in [2.45, 2.75) is 39.2 Å². The minimum Gasteiger partial charge on any atom is -0.469 e. The average molecular weight is 326 g/mol. The SMILES string of the molecule is CCC(C)NC(=NCC(=O)N(C)C)N1CCC(C(=O)OC)CC1. The molecule has 1 saturated heterocycles. The summed E-state index contributed by atoms with van der Waals surface area (Å²) in [6, 6.07) is 0.279. The maximum Gasteiger partial charge on any atom is 0.308 e. The standard InChI is InChI=1S/C16H30N4O3/c1-6-12(2)18-16(17-11-14(21)19(3)4)20-9-7-13(8-10-20)15(22)23-5/h12-13H,6-11H2,1-5H3,(H,17,18). The molecule has 0 aromatic rings. The van der Waals surface area contributed by atoms with Gasteiger partial charge in [0.1, 0.15) is 6.54 Å². The summed E-state index contributed by atoms with van der Waals surface area (Å²) in [5.74, 6) is 0.543. The van der Waals surface area contributed by atoms with E-state index in [4.69, 9.17) is 4.74 Å². The lowest BCUT2D eigenvalue weighted by atomic mass is 9.97. The minimum absolute atomic E-state index is 0.0297. The molecule has 0 radical (unpaired) electrons. The Morgan fingerprint density at radius 3 is 2.43 bits per heavy atom. The Balaban J connectivity index is 2.71. The molecule has 23 heavy (non-hydrogen) atoms. The van der Waals surface area contributed by atoms with Crippen molar-refractivity contribution in [1.29, 1.82) is 0 Å². The molecule has 0 aromatic heterocycles. The van der Waals surface area contributed by atoms with Gasteiger partial charge < -0.3 is 19.9 Å². The fraction of sp³-hybridized carbons (Fsp3) is 0.812. The lowest BCUT2D eigenvalue weighted by molar-refractivity contribution is -0.146. The fourth-order valence-corrected chi connectivity index (χ4v) is 2.34. The summed E-state index contributed by atoms with van der Waals surface area (Å²) in [5.41, 5.74) is 0. The number of guanidine groups is 1. The van der Waals surface area contributed by atoms with E-state index in [-0.39, 0.29) is 30.4 Å². The van der Waals surface area contributed by atoms with Crippen molar-refractivity contribution in [2.75, 3.05) is 40.8 Å². The summed E-state index contributed by atoms with van der Waals surface area (Å²) in [4.78, 5) is 31.5. The van der Waals surface area contributed by atoms with Crippen LogP contribution in [0.3, 0.4) is 0 Å². The lowest BCUT2D eigenvalue weighted by Gasteiger charge is -2.34. The summed E-state index contributed by atoms with van der Waals surface area (Å²) < 4.78 is 4.82. The number of likely N-dealkylation sites (tertiary alicyclic amines) is 1. The quantitative estimate of drug-likeness (QED) is 0.457. The van der Waals surface area contributed by atoms with E-state index < -0.39 is 0 Å². The van der Waals surface area contributed by atoms with Gasteiger partial charge in [-0.25, -0.2) is 4.99 Å². The van der Waals surface area contributed by atoms with Gasteiger partial charge in [-0.3, -0.25) is 9.59 Å². The second kappa shape index (κ2) is 9.37. The second-order valence-corrected chi connectivity index (χ2v) is 6.17. The zero-order valence-corrected chi connectivity index (χ0v) is 15.0. The van der Waals surface area contributed by atoms with Crippen molar-refractivity contribution in [3.05, 3.63) is 0 Å². The van der Waals surface area contributed by atoms with Gasteiger partial charge in [0.05, 0.1) is 13.0 Å². The number of methoxy groups -OCH3 is 1. The van der Waals surface area contributed by atoms with Crippen LogP contribution >= 0.6 is 0 Å². The molecule has 7 heteroatoms. The predicted octanol–water partition coefficient (Wildman–Crippen LogP) is 0.704. The fourth-order valence-electron chi connectivity index (χ4n) is 2.34. The van der Waals surface area contributed by atoms with Crippen LogP contribution in [0, 0.1) is 5.92 Å². The summed E-state index contributed by atoms with van der Waals surface area (Å²) >= 11 is 0. The number of piperidine rings is 1. The molecular formula is C16H30N4O3. The Bertz CT molecular complexity index is 429. The van der Waals surface area contributed by atoms with Crippen LogP contribution in [0.25, 0.3) is 0 Å². The number of amides is 1. The van der Waals surface area contributed by atoms with E-state index in [2.05, 4.69) is 29.1 Å². The topological polar surface area (TPSA) is 74.2 Å². The molecule has 0 bridgehead atoms. The zero-order chi connectivity index (χ0) is 17.4. The van der Waals surface area contributed by atoms with Crippen molar-refractivity contribution >= 4 is 17.8 Å². The average Bonchev–Trinajstić information content (AvgIpc) is 2.57. The van der Waals surface area contributed by atoms with Gasteiger partial charge in [-0.15, -0.1) is 0 Å². The highest BCUT2D eigenvalue weighted by atomic mass is 16.5. The van der Waals surface area contributed by atoms with Crippen LogP contribution in [-0.4, -0.2) is 74.5 Å². The number of esters is 1. The number of nitrogens with one attached hydrogen (secondary N) is 1. The number of carbonyl (C=O) groups is 2. The normalized spacial score (nSPS) is 17.6. The van der Waals surface area contributed by atoms with E-state index in [1.807, 2.05) is 0 Å². The van der Waals surface area contributed by atoms with Gasteiger partial charge in [-0.05, 0) is 26.2 Å². The van der Waals surface area contributed by atoms with Gasteiger partial charge in [0.2, 0.25) is 5.91 Å². The highest BCUT2D eigenvalue weighted by molar-refractivity contribution is 5.85. The van der Waals surface area contributed by atoms with E-state index in [1.165, 1.54) is 12.0 Å². The molecule has 0 aliphatic carbocycles. The summed E-state index contributed by atoms with van der Waals surface area (Å²) in [7, 11) is 4.88. The number of likely N-dealkylation sites (N-methyl/N-ethyl adjacent to an activating group) is 1. The van der Waals surface area contributed by atoms with Crippen molar-refractivity contribution in [2.24, 2.45) is 10.9 Å². The molecule has 1 rings (SSSR count). The predicted molar refractivity (Wildman–Crippen MR) is 90.2 cm³/mol. The Morgan fingerprint density at radius 1 is 1.35 bits per heavy atom. The van der Waals surface area contributed by atoms with Crippen molar-refractivity contribution in [1.82, 2.24) is 15.1 Å². The first kappa shape index (κ1) is 19.3. The van der Waals surface area contributed by atoms with Gasteiger partial charge in [-0.2, -0.15) is 0 Å². The maximum atomic E-state index is 11.8. The number of hydrogen-bond acceptors (Lipinski definition) is 4. The van der Waals surface area contributed by atoms with E-state index in [9.17, 15) is 9.59 Å². The zero-order valence-electron chi connectivity index (χ0n) is 15.0. The van der Waals surface area contributed by atoms with Gasteiger partial charge >= 0.3 is 5.97 Å². The third kappa shape index (κ3) is 6.08. The Kier molecular flexibility index (Phi) is 7.85. The van der Waals surface area contributed by atoms with E-state index in [0.717, 1.165) is 38.3 Å². The molecule has 1 fully saturated rings. The monoisotopic (exact) mass is 326 g/mol. The highest BCUT2D eigenvalue weighted by Crippen LogP contribution is 2.18. The molecule has 1 heterocycles. The van der Waals surface area contributed by atoms with Crippen LogP contribution in [-0.2, 0) is 14.3 Å². The van der Waals surface area contributed by atoms with Crippen LogP contribution < -0.4 is 5.32 Å². The van der Waals surface area contributed by atoms with Crippen LogP contribution in [0.2, 0.25) is 0 Å². The Morgan fingerprint density at radius 2 is 1.96 bits per heavy atom. The molecule has 0 aromatic carbocycles. The molecule has 1 N–H and O–H groups in total. The third-order valence-electron chi connectivity index (χ3n) is 4.18. The molecule has 1 aliphatic rings. The number of hydrogen-bond donors (Lipinski definition) is 1. The number of nitrogens with zero attached hydrogens (tertiary/aromatic N) is 3. The van der Waals surface area contributed by atoms with Crippen molar-refractivity contribution < 1.29 is 14.3 Å². The van der Waals surface area contributed by atoms with E-state index in [0.29, 0.717) is 0 Å². The number of ether oxygens (including phenoxy) is 1. The van der Waals surface area contributed by atoms with Crippen molar-refractivity contribution in [3.8, 4) is 0 Å². The smallest absolute Gasteiger partial charge is 0.308 e. The Hall–Kier alpha value is -1.79. The van der Waals surface area contributed by atoms with Crippen LogP contribution in [0.5, 0.6) is 0 Å². The molecule has 1 amide bonds. The third-order valence-corrected chi connectivity index (χ3v) is 4.18. The number of carbonyl (C=O) groups excluding carboxylic acids is 2. The van der Waals surface area contributed by atoms with Gasteiger partial charge in [0.15, 0.2) is 5.96 Å². The van der Waals surface area contributed by atoms with Gasteiger partial charge in [0.25, 0.3) is 0 Å². The number of aliphatic imine (C=N–C) groups is 1. The van der Waals surface area contributed by atoms with Crippen LogP contribution in [0.4, 0.5) is 0 Å². The van der Waals surface area contributed by atoms with E-state index in [1.54, 1.807) is 14.1 Å². The Labute approximate surface area is 139 Å². The summed E-state index contributed by atoms with van der Waals surface area (Å²) in [6.07, 6.45) is 2.46. The molecule has 1 unspecified atom stereocenters. The first-order chi connectivity index (χ1) is 10.9. The molecular weight excluding hydrogens is 296 g/mol. The summed E-state index contributed by atoms with van der Waals surface area (Å²) in [5, 5.41) is 3.38. The minimum atomic E-state index is -0.138. The first-order valence-electron chi connectivity index (χ1n) is 8.22. The van der Waals surface area contributed by atoms with Crippen molar-refractivity contribution in [3.63, 3.8) is 0 Å².